The molecule has 28 heavy (non-hydrogen) atoms. The summed E-state index contributed by atoms with van der Waals surface area (Å²) in [7, 11) is 0. The zero-order valence-corrected chi connectivity index (χ0v) is 17.9. The van der Waals surface area contributed by atoms with Crippen LogP contribution in [0.2, 0.25) is 10.0 Å². The summed E-state index contributed by atoms with van der Waals surface area (Å²) in [5.41, 5.74) is 1.59. The number of rotatable bonds is 7. The van der Waals surface area contributed by atoms with Gasteiger partial charge in [0, 0.05) is 27.9 Å². The number of nitrogens with one attached hydrogen (secondary N) is 1. The van der Waals surface area contributed by atoms with Crippen molar-refractivity contribution in [3.8, 4) is 0 Å². The smallest absolute Gasteiger partial charge is 0.251 e. The van der Waals surface area contributed by atoms with Crippen molar-refractivity contribution in [1.29, 1.82) is 0 Å². The first-order chi connectivity index (χ1) is 13.5. The van der Waals surface area contributed by atoms with E-state index in [-0.39, 0.29) is 11.9 Å². The highest BCUT2D eigenvalue weighted by molar-refractivity contribution is 7.98. The maximum Gasteiger partial charge on any atom is 0.251 e. The number of carbonyl (C=O) groups excluding carboxylic acids is 1. The Hall–Kier alpha value is -2.02. The van der Waals surface area contributed by atoms with E-state index in [0.29, 0.717) is 27.9 Å². The number of nitrogens with zero attached hydrogens (tertiary/aromatic N) is 3. The monoisotopic (exact) mass is 434 g/mol. The number of halogens is 2. The molecule has 146 valence electrons. The average molecular weight is 435 g/mol. The van der Waals surface area contributed by atoms with Crippen molar-refractivity contribution >= 4 is 40.9 Å². The molecule has 0 bridgehead atoms. The van der Waals surface area contributed by atoms with Gasteiger partial charge < -0.3 is 9.88 Å². The van der Waals surface area contributed by atoms with Crippen molar-refractivity contribution in [2.24, 2.45) is 0 Å². The maximum atomic E-state index is 12.4. The van der Waals surface area contributed by atoms with Crippen molar-refractivity contribution in [2.75, 3.05) is 0 Å². The highest BCUT2D eigenvalue weighted by Gasteiger charge is 2.19. The van der Waals surface area contributed by atoms with E-state index in [2.05, 4.69) is 15.5 Å². The number of benzene rings is 2. The Balaban J connectivity index is 1.71. The second kappa shape index (κ2) is 9.45. The zero-order chi connectivity index (χ0) is 20.1. The van der Waals surface area contributed by atoms with Crippen LogP contribution in [0.15, 0.2) is 53.7 Å². The first-order valence-corrected chi connectivity index (χ1v) is 10.6. The predicted molar refractivity (Wildman–Crippen MR) is 114 cm³/mol. The SMILES string of the molecule is CCn1c(SCc2ccc(Cl)cc2Cl)nnc1C(C)NC(=O)c1ccccc1. The minimum absolute atomic E-state index is 0.138. The Kier molecular flexibility index (Phi) is 6.99. The molecule has 1 atom stereocenters. The van der Waals surface area contributed by atoms with Crippen molar-refractivity contribution in [3.63, 3.8) is 0 Å². The van der Waals surface area contributed by atoms with E-state index < -0.39 is 0 Å². The molecular weight excluding hydrogens is 415 g/mol. The van der Waals surface area contributed by atoms with Crippen molar-refractivity contribution in [3.05, 3.63) is 75.5 Å². The summed E-state index contributed by atoms with van der Waals surface area (Å²) >= 11 is 13.8. The van der Waals surface area contributed by atoms with Crippen molar-refractivity contribution < 1.29 is 4.79 Å². The fraction of sp³-hybridized carbons (Fsp3) is 0.250. The summed E-state index contributed by atoms with van der Waals surface area (Å²) in [5, 5.41) is 13.6. The van der Waals surface area contributed by atoms with Crippen LogP contribution in [0.4, 0.5) is 0 Å². The fourth-order valence-electron chi connectivity index (χ4n) is 2.74. The standard InChI is InChI=1S/C20H20Cl2N4OS/c1-3-26-18(13(2)23-19(27)14-7-5-4-6-8-14)24-25-20(26)28-12-15-9-10-16(21)11-17(15)22/h4-11,13H,3,12H2,1-2H3,(H,23,27). The molecule has 1 N–H and O–H groups in total. The lowest BCUT2D eigenvalue weighted by molar-refractivity contribution is 0.0937. The third-order valence-electron chi connectivity index (χ3n) is 4.20. The van der Waals surface area contributed by atoms with Gasteiger partial charge in [-0.25, -0.2) is 0 Å². The van der Waals surface area contributed by atoms with Crippen LogP contribution >= 0.6 is 35.0 Å². The molecule has 0 saturated carbocycles. The van der Waals surface area contributed by atoms with Gasteiger partial charge in [0.25, 0.3) is 5.91 Å². The van der Waals surface area contributed by atoms with E-state index in [1.807, 2.05) is 48.7 Å². The molecule has 0 radical (unpaired) electrons. The predicted octanol–water partition coefficient (Wildman–Crippen LogP) is 5.39. The summed E-state index contributed by atoms with van der Waals surface area (Å²) in [6.07, 6.45) is 0. The van der Waals surface area contributed by atoms with E-state index >= 15 is 0 Å². The van der Waals surface area contributed by atoms with Crippen LogP contribution in [-0.2, 0) is 12.3 Å². The van der Waals surface area contributed by atoms with Gasteiger partial charge in [-0.05, 0) is 43.7 Å². The zero-order valence-electron chi connectivity index (χ0n) is 15.5. The third kappa shape index (κ3) is 4.87. The van der Waals surface area contributed by atoms with Gasteiger partial charge in [-0.3, -0.25) is 4.79 Å². The number of hydrogen-bond acceptors (Lipinski definition) is 4. The van der Waals surface area contributed by atoms with E-state index in [0.717, 1.165) is 16.5 Å². The highest BCUT2D eigenvalue weighted by Crippen LogP contribution is 2.29. The van der Waals surface area contributed by atoms with Crippen LogP contribution in [0.5, 0.6) is 0 Å². The first kappa shape index (κ1) is 20.7. The molecule has 3 aromatic rings. The lowest BCUT2D eigenvalue weighted by Crippen LogP contribution is -2.28. The summed E-state index contributed by atoms with van der Waals surface area (Å²) in [6, 6.07) is 14.3. The quantitative estimate of drug-likeness (QED) is 0.506. The molecule has 8 heteroatoms. The Morgan fingerprint density at radius 3 is 2.61 bits per heavy atom. The second-order valence-corrected chi connectivity index (χ2v) is 7.96. The maximum absolute atomic E-state index is 12.4. The van der Waals surface area contributed by atoms with Crippen LogP contribution in [0, 0.1) is 0 Å². The summed E-state index contributed by atoms with van der Waals surface area (Å²) in [5.74, 6) is 1.23. The van der Waals surface area contributed by atoms with E-state index in [1.165, 1.54) is 0 Å². The van der Waals surface area contributed by atoms with Crippen LogP contribution < -0.4 is 5.32 Å². The molecule has 0 aliphatic heterocycles. The van der Waals surface area contributed by atoms with Crippen molar-refractivity contribution in [2.45, 2.75) is 37.3 Å². The number of amides is 1. The normalized spacial score (nSPS) is 12.0. The molecule has 1 heterocycles. The van der Waals surface area contributed by atoms with Crippen LogP contribution in [-0.4, -0.2) is 20.7 Å². The van der Waals surface area contributed by atoms with Gasteiger partial charge in [0.2, 0.25) is 0 Å². The fourth-order valence-corrected chi connectivity index (χ4v) is 4.31. The van der Waals surface area contributed by atoms with Gasteiger partial charge in [-0.2, -0.15) is 0 Å². The minimum atomic E-state index is -0.270. The number of carbonyl (C=O) groups is 1. The highest BCUT2D eigenvalue weighted by atomic mass is 35.5. The Labute approximate surface area is 178 Å². The van der Waals surface area contributed by atoms with E-state index in [4.69, 9.17) is 23.2 Å². The first-order valence-electron chi connectivity index (χ1n) is 8.85. The lowest BCUT2D eigenvalue weighted by atomic mass is 10.2. The Morgan fingerprint density at radius 1 is 1.18 bits per heavy atom. The van der Waals surface area contributed by atoms with Crippen molar-refractivity contribution in [1.82, 2.24) is 20.1 Å². The molecule has 0 fully saturated rings. The third-order valence-corrected chi connectivity index (χ3v) is 5.81. The van der Waals surface area contributed by atoms with Gasteiger partial charge in [0.05, 0.1) is 6.04 Å². The molecule has 1 amide bonds. The van der Waals surface area contributed by atoms with Crippen LogP contribution in [0.25, 0.3) is 0 Å². The minimum Gasteiger partial charge on any atom is -0.342 e. The van der Waals surface area contributed by atoms with Gasteiger partial charge in [0.1, 0.15) is 0 Å². The number of thioether (sulfide) groups is 1. The Bertz CT molecular complexity index is 962. The molecule has 0 spiro atoms. The largest absolute Gasteiger partial charge is 0.342 e. The topological polar surface area (TPSA) is 59.8 Å². The number of aromatic nitrogens is 3. The lowest BCUT2D eigenvalue weighted by Gasteiger charge is -2.15. The summed E-state index contributed by atoms with van der Waals surface area (Å²) in [4.78, 5) is 12.4. The molecule has 1 aromatic heterocycles. The average Bonchev–Trinajstić information content (AvgIpc) is 3.11. The molecule has 2 aromatic carbocycles. The van der Waals surface area contributed by atoms with Gasteiger partial charge in [-0.15, -0.1) is 10.2 Å². The molecule has 0 aliphatic carbocycles. The molecule has 3 rings (SSSR count). The number of hydrogen-bond donors (Lipinski definition) is 1. The van der Waals surface area contributed by atoms with Crippen LogP contribution in [0.1, 0.15) is 41.6 Å². The van der Waals surface area contributed by atoms with Gasteiger partial charge in [-0.1, -0.05) is 59.2 Å². The second-order valence-electron chi connectivity index (χ2n) is 6.17. The van der Waals surface area contributed by atoms with Gasteiger partial charge >= 0.3 is 0 Å². The Morgan fingerprint density at radius 2 is 1.93 bits per heavy atom. The van der Waals surface area contributed by atoms with E-state index in [1.54, 1.807) is 30.0 Å². The molecule has 5 nitrogen and oxygen atoms in total. The molecule has 0 aliphatic rings. The summed E-state index contributed by atoms with van der Waals surface area (Å²) < 4.78 is 2.00. The van der Waals surface area contributed by atoms with E-state index in [9.17, 15) is 4.79 Å². The molecular formula is C20H20Cl2N4OS. The van der Waals surface area contributed by atoms with Crippen LogP contribution in [0.3, 0.4) is 0 Å². The van der Waals surface area contributed by atoms with Gasteiger partial charge in [0.15, 0.2) is 11.0 Å². The summed E-state index contributed by atoms with van der Waals surface area (Å²) in [6.45, 7) is 4.63. The molecule has 0 saturated heterocycles. The molecule has 1 unspecified atom stereocenters.